The van der Waals surface area contributed by atoms with E-state index in [0.29, 0.717) is 37.0 Å². The second-order valence-electron chi connectivity index (χ2n) is 7.16. The molecule has 0 unspecified atom stereocenters. The average Bonchev–Trinajstić information content (AvgIpc) is 2.74. The number of aromatic amines is 1. The predicted octanol–water partition coefficient (Wildman–Crippen LogP) is 3.06. The third-order valence-corrected chi connectivity index (χ3v) is 5.99. The molecule has 1 aliphatic rings. The number of nitrogens with zero attached hydrogens (tertiary/aromatic N) is 1. The van der Waals surface area contributed by atoms with Crippen LogP contribution in [-0.4, -0.2) is 35.1 Å². The summed E-state index contributed by atoms with van der Waals surface area (Å²) in [6.07, 6.45) is 2.61. The Morgan fingerprint density at radius 1 is 1.24 bits per heavy atom. The molecule has 0 saturated heterocycles. The minimum Gasteiger partial charge on any atom is -0.355 e. The first-order chi connectivity index (χ1) is 14.0. The molecule has 0 saturated carbocycles. The van der Waals surface area contributed by atoms with E-state index in [2.05, 4.69) is 10.3 Å². The van der Waals surface area contributed by atoms with Crippen LogP contribution in [0, 0.1) is 5.82 Å². The molecule has 3 aromatic rings. The zero-order valence-electron chi connectivity index (χ0n) is 16.1. The van der Waals surface area contributed by atoms with Gasteiger partial charge < -0.3 is 10.3 Å². The lowest BCUT2D eigenvalue weighted by Crippen LogP contribution is -2.41. The minimum absolute atomic E-state index is 0.0781. The Kier molecular flexibility index (Phi) is 5.69. The molecule has 0 aliphatic carbocycles. The van der Waals surface area contributed by atoms with E-state index in [1.165, 1.54) is 11.0 Å². The molecule has 150 valence electrons. The van der Waals surface area contributed by atoms with Gasteiger partial charge in [-0.3, -0.25) is 14.5 Å². The third-order valence-electron chi connectivity index (χ3n) is 5.25. The van der Waals surface area contributed by atoms with Gasteiger partial charge in [-0.15, -0.1) is 11.8 Å². The quantitative estimate of drug-likeness (QED) is 0.634. The summed E-state index contributed by atoms with van der Waals surface area (Å²) in [5, 5.41) is 3.29. The minimum atomic E-state index is -0.422. The van der Waals surface area contributed by atoms with Crippen molar-refractivity contribution in [1.29, 1.82) is 0 Å². The van der Waals surface area contributed by atoms with E-state index >= 15 is 0 Å². The number of carbonyl (C=O) groups is 1. The van der Waals surface area contributed by atoms with Crippen molar-refractivity contribution in [3.8, 4) is 0 Å². The summed E-state index contributed by atoms with van der Waals surface area (Å²) in [6.45, 7) is 1.72. The number of H-pyrrole nitrogens is 1. The van der Waals surface area contributed by atoms with E-state index in [0.717, 1.165) is 11.3 Å². The van der Waals surface area contributed by atoms with Gasteiger partial charge in [0.2, 0.25) is 5.91 Å². The number of aromatic nitrogens is 1. The SMILES string of the molecule is CSc1ccc(CNC(=O)CN2CCc3[nH]c4c(F)cccc4c(=O)c3C2)cc1. The molecule has 0 bridgehead atoms. The van der Waals surface area contributed by atoms with Gasteiger partial charge in [-0.25, -0.2) is 4.39 Å². The molecule has 0 spiro atoms. The number of thioether (sulfide) groups is 1. The molecule has 2 N–H and O–H groups in total. The molecule has 4 rings (SSSR count). The van der Waals surface area contributed by atoms with E-state index in [4.69, 9.17) is 0 Å². The fourth-order valence-electron chi connectivity index (χ4n) is 3.66. The monoisotopic (exact) mass is 411 g/mol. The van der Waals surface area contributed by atoms with Crippen LogP contribution in [-0.2, 0) is 24.3 Å². The van der Waals surface area contributed by atoms with Crippen molar-refractivity contribution in [1.82, 2.24) is 15.2 Å². The molecule has 1 amide bonds. The van der Waals surface area contributed by atoms with E-state index in [1.807, 2.05) is 35.4 Å². The van der Waals surface area contributed by atoms with E-state index in [9.17, 15) is 14.0 Å². The highest BCUT2D eigenvalue weighted by Crippen LogP contribution is 2.20. The number of para-hydroxylation sites is 1. The Bertz CT molecular complexity index is 1110. The van der Waals surface area contributed by atoms with Crippen LogP contribution in [0.25, 0.3) is 10.9 Å². The summed E-state index contributed by atoms with van der Waals surface area (Å²) in [5.41, 5.74) is 2.53. The summed E-state index contributed by atoms with van der Waals surface area (Å²) in [6, 6.07) is 12.6. The fourth-order valence-corrected chi connectivity index (χ4v) is 4.07. The number of hydrogen-bond acceptors (Lipinski definition) is 4. The van der Waals surface area contributed by atoms with Crippen LogP contribution in [0.4, 0.5) is 4.39 Å². The van der Waals surface area contributed by atoms with Gasteiger partial charge in [-0.1, -0.05) is 18.2 Å². The zero-order valence-corrected chi connectivity index (χ0v) is 16.9. The van der Waals surface area contributed by atoms with Crippen molar-refractivity contribution in [2.24, 2.45) is 0 Å². The summed E-state index contributed by atoms with van der Waals surface area (Å²) < 4.78 is 14.0. The maximum absolute atomic E-state index is 14.0. The Morgan fingerprint density at radius 2 is 2.03 bits per heavy atom. The van der Waals surface area contributed by atoms with Crippen LogP contribution in [0.3, 0.4) is 0 Å². The van der Waals surface area contributed by atoms with Crippen molar-refractivity contribution >= 4 is 28.6 Å². The number of amides is 1. The van der Waals surface area contributed by atoms with Gasteiger partial charge >= 0.3 is 0 Å². The molecule has 29 heavy (non-hydrogen) atoms. The molecular weight excluding hydrogens is 389 g/mol. The second-order valence-corrected chi connectivity index (χ2v) is 8.04. The molecule has 7 heteroatoms. The highest BCUT2D eigenvalue weighted by Gasteiger charge is 2.23. The van der Waals surface area contributed by atoms with Gasteiger partial charge in [0.25, 0.3) is 0 Å². The van der Waals surface area contributed by atoms with Gasteiger partial charge in [-0.2, -0.15) is 0 Å². The van der Waals surface area contributed by atoms with Gasteiger partial charge in [0.05, 0.1) is 12.1 Å². The normalized spacial score (nSPS) is 14.0. The first-order valence-electron chi connectivity index (χ1n) is 9.49. The highest BCUT2D eigenvalue weighted by atomic mass is 32.2. The lowest BCUT2D eigenvalue weighted by Gasteiger charge is -2.27. The van der Waals surface area contributed by atoms with Crippen LogP contribution in [0.15, 0.2) is 52.2 Å². The van der Waals surface area contributed by atoms with E-state index < -0.39 is 5.82 Å². The molecule has 0 fully saturated rings. The van der Waals surface area contributed by atoms with Crippen molar-refractivity contribution in [3.05, 3.63) is 75.3 Å². The first kappa shape index (κ1) is 19.7. The lowest BCUT2D eigenvalue weighted by molar-refractivity contribution is -0.122. The number of hydrogen-bond donors (Lipinski definition) is 2. The third kappa shape index (κ3) is 4.21. The lowest BCUT2D eigenvalue weighted by atomic mass is 10.0. The topological polar surface area (TPSA) is 65.2 Å². The van der Waals surface area contributed by atoms with E-state index in [1.54, 1.807) is 23.9 Å². The van der Waals surface area contributed by atoms with Crippen LogP contribution in [0.1, 0.15) is 16.8 Å². The summed E-state index contributed by atoms with van der Waals surface area (Å²) in [7, 11) is 0. The molecule has 0 atom stereocenters. The summed E-state index contributed by atoms with van der Waals surface area (Å²) >= 11 is 1.68. The molecular formula is C22H22FN3O2S. The van der Waals surface area contributed by atoms with Crippen molar-refractivity contribution in [2.45, 2.75) is 24.4 Å². The molecule has 0 radical (unpaired) electrons. The van der Waals surface area contributed by atoms with Gasteiger partial charge in [0, 0.05) is 47.6 Å². The maximum Gasteiger partial charge on any atom is 0.234 e. The Balaban J connectivity index is 1.41. The fraction of sp³-hybridized carbons (Fsp3) is 0.273. The number of carbonyl (C=O) groups excluding carboxylic acids is 1. The Labute approximate surface area is 172 Å². The van der Waals surface area contributed by atoms with Gasteiger partial charge in [0.15, 0.2) is 5.43 Å². The number of halogens is 1. The van der Waals surface area contributed by atoms with Crippen molar-refractivity contribution in [2.75, 3.05) is 19.3 Å². The maximum atomic E-state index is 14.0. The molecule has 1 aliphatic heterocycles. The Morgan fingerprint density at radius 3 is 2.79 bits per heavy atom. The Hall–Kier alpha value is -2.64. The first-order valence-corrected chi connectivity index (χ1v) is 10.7. The number of pyridine rings is 1. The van der Waals surface area contributed by atoms with Crippen LogP contribution >= 0.6 is 11.8 Å². The summed E-state index contributed by atoms with van der Waals surface area (Å²) in [5.74, 6) is -0.500. The number of benzene rings is 2. The van der Waals surface area contributed by atoms with E-state index in [-0.39, 0.29) is 23.4 Å². The summed E-state index contributed by atoms with van der Waals surface area (Å²) in [4.78, 5) is 31.4. The largest absolute Gasteiger partial charge is 0.355 e. The van der Waals surface area contributed by atoms with Gasteiger partial charge in [-0.05, 0) is 36.1 Å². The number of fused-ring (bicyclic) bond motifs is 2. The highest BCUT2D eigenvalue weighted by molar-refractivity contribution is 7.98. The van der Waals surface area contributed by atoms with Crippen LogP contribution < -0.4 is 10.7 Å². The molecule has 2 aromatic carbocycles. The number of rotatable bonds is 5. The predicted molar refractivity (Wildman–Crippen MR) is 114 cm³/mol. The molecule has 2 heterocycles. The van der Waals surface area contributed by atoms with Crippen LogP contribution in [0.2, 0.25) is 0 Å². The standard InChI is InChI=1S/C22H22FN3O2S/c1-29-15-7-5-14(6-8-15)11-24-20(27)13-26-10-9-19-17(12-26)22(28)16-3-2-4-18(23)21(16)25-19/h2-8H,9-13H2,1H3,(H,24,27)(H,25,28). The zero-order chi connectivity index (χ0) is 20.4. The van der Waals surface area contributed by atoms with Crippen LogP contribution in [0.5, 0.6) is 0 Å². The van der Waals surface area contributed by atoms with Crippen molar-refractivity contribution in [3.63, 3.8) is 0 Å². The second kappa shape index (κ2) is 8.39. The number of nitrogens with one attached hydrogen (secondary N) is 2. The smallest absolute Gasteiger partial charge is 0.234 e. The van der Waals surface area contributed by atoms with Crippen molar-refractivity contribution < 1.29 is 9.18 Å². The molecule has 5 nitrogen and oxygen atoms in total. The average molecular weight is 412 g/mol. The molecule has 1 aromatic heterocycles. The van der Waals surface area contributed by atoms with Gasteiger partial charge in [0.1, 0.15) is 5.82 Å².